The molecule has 0 aromatic rings. The highest BCUT2D eigenvalue weighted by molar-refractivity contribution is 5.29. The smallest absolute Gasteiger partial charge is 0.102 e. The lowest BCUT2D eigenvalue weighted by atomic mass is 9.46. The fourth-order valence-corrected chi connectivity index (χ4v) is 9.48. The van der Waals surface area contributed by atoms with Crippen LogP contribution in [0.15, 0.2) is 11.6 Å². The maximum atomic E-state index is 11.4. The third kappa shape index (κ3) is 4.57. The number of aliphatic hydroxyl groups is 2. The quantitative estimate of drug-likeness (QED) is 0.422. The average Bonchev–Trinajstić information content (AvgIpc) is 3.12. The Balaban J connectivity index is 1.28. The highest BCUT2D eigenvalue weighted by Crippen LogP contribution is 2.67. The second-order valence-electron chi connectivity index (χ2n) is 14.9. The zero-order valence-electron chi connectivity index (χ0n) is 23.3. The first-order valence-corrected chi connectivity index (χ1v) is 14.7. The van der Waals surface area contributed by atoms with Gasteiger partial charge in [0.05, 0.1) is 31.5 Å². The summed E-state index contributed by atoms with van der Waals surface area (Å²) in [6.45, 7) is 15.9. The largest absolute Gasteiger partial charge is 0.390 e. The van der Waals surface area contributed by atoms with Gasteiger partial charge in [0.2, 0.25) is 0 Å². The Labute approximate surface area is 214 Å². The predicted octanol–water partition coefficient (Wildman–Crippen LogP) is 6.15. The summed E-state index contributed by atoms with van der Waals surface area (Å²) in [6.07, 6.45) is 12.5. The zero-order valence-corrected chi connectivity index (χ0v) is 23.3. The summed E-state index contributed by atoms with van der Waals surface area (Å²) in [4.78, 5) is 0. The summed E-state index contributed by atoms with van der Waals surface area (Å²) in [6, 6.07) is 0. The van der Waals surface area contributed by atoms with Crippen LogP contribution in [0.2, 0.25) is 0 Å². The van der Waals surface area contributed by atoms with Crippen LogP contribution in [0.25, 0.3) is 0 Å². The molecule has 35 heavy (non-hydrogen) atoms. The highest BCUT2D eigenvalue weighted by atomic mass is 16.5. The van der Waals surface area contributed by atoms with Gasteiger partial charge in [0.1, 0.15) is 6.10 Å². The first kappa shape index (κ1) is 26.2. The van der Waals surface area contributed by atoms with Gasteiger partial charge < -0.3 is 19.7 Å². The summed E-state index contributed by atoms with van der Waals surface area (Å²) in [5.41, 5.74) is 1.42. The highest BCUT2D eigenvalue weighted by Gasteiger charge is 2.60. The number of fused-ring (bicyclic) bond motifs is 5. The van der Waals surface area contributed by atoms with Crippen LogP contribution < -0.4 is 0 Å². The van der Waals surface area contributed by atoms with E-state index in [4.69, 9.17) is 9.47 Å². The van der Waals surface area contributed by atoms with E-state index in [1.807, 2.05) is 13.8 Å². The molecule has 0 unspecified atom stereocenters. The van der Waals surface area contributed by atoms with Crippen molar-refractivity contribution in [1.29, 1.82) is 0 Å². The van der Waals surface area contributed by atoms with E-state index in [9.17, 15) is 10.2 Å². The molecule has 1 heterocycles. The van der Waals surface area contributed by atoms with Crippen LogP contribution in [0.1, 0.15) is 99.3 Å². The Kier molecular flexibility index (Phi) is 6.81. The van der Waals surface area contributed by atoms with E-state index in [0.29, 0.717) is 23.9 Å². The summed E-state index contributed by atoms with van der Waals surface area (Å²) in [5.74, 6) is 3.70. The third-order valence-corrected chi connectivity index (χ3v) is 11.7. The molecule has 2 N–H and O–H groups in total. The Morgan fingerprint density at radius 3 is 2.49 bits per heavy atom. The van der Waals surface area contributed by atoms with Crippen LogP contribution >= 0.6 is 0 Å². The Morgan fingerprint density at radius 2 is 1.83 bits per heavy atom. The van der Waals surface area contributed by atoms with Crippen molar-refractivity contribution >= 4 is 0 Å². The first-order valence-electron chi connectivity index (χ1n) is 14.7. The Bertz CT molecular complexity index is 809. The molecule has 0 amide bonds. The molecule has 0 radical (unpaired) electrons. The molecule has 0 bridgehead atoms. The molecule has 3 saturated carbocycles. The first-order chi connectivity index (χ1) is 16.4. The molecule has 0 aromatic carbocycles. The lowest BCUT2D eigenvalue weighted by Crippen LogP contribution is -2.54. The van der Waals surface area contributed by atoms with E-state index >= 15 is 0 Å². The van der Waals surface area contributed by atoms with Gasteiger partial charge in [-0.2, -0.15) is 0 Å². The Morgan fingerprint density at radius 1 is 1.09 bits per heavy atom. The van der Waals surface area contributed by atoms with Gasteiger partial charge in [-0.05, 0) is 118 Å². The lowest BCUT2D eigenvalue weighted by molar-refractivity contribution is -0.167. The van der Waals surface area contributed by atoms with Gasteiger partial charge in [0.15, 0.2) is 0 Å². The number of aliphatic hydroxyl groups excluding tert-OH is 1. The van der Waals surface area contributed by atoms with E-state index in [2.05, 4.69) is 33.8 Å². The molecule has 4 fully saturated rings. The molecule has 0 aromatic heterocycles. The molecular weight excluding hydrogens is 436 g/mol. The van der Waals surface area contributed by atoms with Gasteiger partial charge in [-0.1, -0.05) is 33.8 Å². The van der Waals surface area contributed by atoms with E-state index < -0.39 is 11.7 Å². The number of ether oxygens (including phenoxy) is 2. The molecule has 5 aliphatic rings. The number of hydrogen-bond donors (Lipinski definition) is 2. The minimum Gasteiger partial charge on any atom is -0.390 e. The summed E-state index contributed by atoms with van der Waals surface area (Å²) >= 11 is 0. The van der Waals surface area contributed by atoms with Crippen molar-refractivity contribution in [3.8, 4) is 0 Å². The molecule has 9 atom stereocenters. The maximum Gasteiger partial charge on any atom is 0.102 e. The molecule has 200 valence electrons. The zero-order chi connectivity index (χ0) is 25.2. The minimum absolute atomic E-state index is 0.0651. The summed E-state index contributed by atoms with van der Waals surface area (Å²) in [5, 5.41) is 21.7. The number of hydrogen-bond acceptors (Lipinski definition) is 4. The molecule has 4 heteroatoms. The van der Waals surface area contributed by atoms with E-state index in [1.165, 1.54) is 31.3 Å². The van der Waals surface area contributed by atoms with Crippen LogP contribution in [0, 0.1) is 45.8 Å². The summed E-state index contributed by atoms with van der Waals surface area (Å²) < 4.78 is 11.7. The Hall–Kier alpha value is -0.420. The molecule has 1 saturated heterocycles. The van der Waals surface area contributed by atoms with Crippen LogP contribution in [0.4, 0.5) is 0 Å². The molecule has 1 aliphatic heterocycles. The molecule has 4 nitrogen and oxygen atoms in total. The van der Waals surface area contributed by atoms with Gasteiger partial charge in [0, 0.05) is 5.41 Å². The normalized spacial score (nSPS) is 45.5. The lowest BCUT2D eigenvalue weighted by Gasteiger charge is -2.59. The van der Waals surface area contributed by atoms with Crippen molar-refractivity contribution in [3.05, 3.63) is 11.6 Å². The predicted molar refractivity (Wildman–Crippen MR) is 140 cm³/mol. The molecule has 5 rings (SSSR count). The second kappa shape index (κ2) is 9.10. The van der Waals surface area contributed by atoms with Crippen LogP contribution in [0.5, 0.6) is 0 Å². The van der Waals surface area contributed by atoms with Crippen molar-refractivity contribution in [3.63, 3.8) is 0 Å². The molecule has 0 spiro atoms. The topological polar surface area (TPSA) is 58.9 Å². The van der Waals surface area contributed by atoms with Gasteiger partial charge in [-0.15, -0.1) is 0 Å². The van der Waals surface area contributed by atoms with Crippen molar-refractivity contribution in [2.45, 2.75) is 117 Å². The monoisotopic (exact) mass is 488 g/mol. The second-order valence-corrected chi connectivity index (χ2v) is 14.9. The van der Waals surface area contributed by atoms with Crippen molar-refractivity contribution in [2.24, 2.45) is 45.8 Å². The fourth-order valence-electron chi connectivity index (χ4n) is 9.48. The number of rotatable bonds is 7. The number of allylic oxidation sites excluding steroid dienone is 1. The van der Waals surface area contributed by atoms with Crippen LogP contribution in [-0.2, 0) is 9.47 Å². The van der Waals surface area contributed by atoms with Crippen LogP contribution in [0.3, 0.4) is 0 Å². The van der Waals surface area contributed by atoms with Gasteiger partial charge in [-0.25, -0.2) is 0 Å². The van der Waals surface area contributed by atoms with Crippen molar-refractivity contribution in [2.75, 3.05) is 19.8 Å². The van der Waals surface area contributed by atoms with Gasteiger partial charge in [-0.3, -0.25) is 0 Å². The molecular formula is C31H52O4. The van der Waals surface area contributed by atoms with Gasteiger partial charge in [0.25, 0.3) is 0 Å². The minimum atomic E-state index is -0.559. The van der Waals surface area contributed by atoms with Crippen molar-refractivity contribution in [1.82, 2.24) is 0 Å². The summed E-state index contributed by atoms with van der Waals surface area (Å²) in [7, 11) is 0. The molecule has 4 aliphatic carbocycles. The third-order valence-electron chi connectivity index (χ3n) is 11.7. The van der Waals surface area contributed by atoms with E-state index in [-0.39, 0.29) is 16.9 Å². The van der Waals surface area contributed by atoms with Crippen molar-refractivity contribution < 1.29 is 19.7 Å². The SMILES string of the molecule is C[C@H](CCC(C)(C)O)[C@H]1CC[C@H]2[C@@H]3CC=C4[C@@H](O)[C@@H](OCC5(C)COC5)CC[C@]4(C)[C@H]3CC[C@]12C. The average molecular weight is 489 g/mol. The van der Waals surface area contributed by atoms with E-state index in [1.54, 1.807) is 0 Å². The van der Waals surface area contributed by atoms with Gasteiger partial charge >= 0.3 is 0 Å². The maximum absolute atomic E-state index is 11.4. The van der Waals surface area contributed by atoms with Crippen LogP contribution in [-0.4, -0.2) is 47.8 Å². The fraction of sp³-hybridized carbons (Fsp3) is 0.935. The van der Waals surface area contributed by atoms with E-state index in [0.717, 1.165) is 63.1 Å². The standard InChI is InChI=1S/C31H52O4/c1-20(11-14-28(2,3)33)22-9-10-23-21-7-8-25-27(32)26(35-19-29(4)17-34-18-29)13-16-31(25,6)24(21)12-15-30(22,23)5/h8,20-24,26-27,32-33H,7,9-19H2,1-6H3/t20-,21+,22-,23+,24+,26+,27-,30-,31-/m1/s1.